The van der Waals surface area contributed by atoms with E-state index in [0.717, 1.165) is 43.9 Å². The van der Waals surface area contributed by atoms with Crippen LogP contribution >= 0.6 is 11.6 Å². The lowest BCUT2D eigenvalue weighted by Gasteiger charge is -2.38. The van der Waals surface area contributed by atoms with E-state index in [4.69, 9.17) is 11.6 Å². The van der Waals surface area contributed by atoms with Gasteiger partial charge in [0.1, 0.15) is 12.1 Å². The van der Waals surface area contributed by atoms with Crippen LogP contribution in [0.1, 0.15) is 48.9 Å². The fourth-order valence-corrected chi connectivity index (χ4v) is 4.69. The van der Waals surface area contributed by atoms with Gasteiger partial charge in [-0.2, -0.15) is 0 Å². The normalized spacial score (nSPS) is 19.6. The Bertz CT molecular complexity index is 880. The highest BCUT2D eigenvalue weighted by atomic mass is 35.5. The Hall–Kier alpha value is -2.18. The van der Waals surface area contributed by atoms with Crippen molar-refractivity contribution in [2.24, 2.45) is 0 Å². The molecular formula is C23H30ClN5O. The lowest BCUT2D eigenvalue weighted by atomic mass is 9.97. The molecule has 2 aromatic rings. The Kier molecular flexibility index (Phi) is 6.54. The van der Waals surface area contributed by atoms with E-state index < -0.39 is 0 Å². The number of aromatic nitrogens is 2. The Morgan fingerprint density at radius 2 is 1.93 bits per heavy atom. The van der Waals surface area contributed by atoms with Gasteiger partial charge in [-0.25, -0.2) is 9.97 Å². The third-order valence-electron chi connectivity index (χ3n) is 6.31. The Balaban J connectivity index is 1.45. The maximum atomic E-state index is 13.4. The number of piperazine rings is 1. The number of nitrogens with one attached hydrogen (secondary N) is 1. The zero-order valence-corrected chi connectivity index (χ0v) is 18.5. The Labute approximate surface area is 183 Å². The second kappa shape index (κ2) is 9.31. The van der Waals surface area contributed by atoms with E-state index in [0.29, 0.717) is 30.6 Å². The van der Waals surface area contributed by atoms with Crippen LogP contribution in [0.15, 0.2) is 30.6 Å². The van der Waals surface area contributed by atoms with Crippen LogP contribution < -0.4 is 10.2 Å². The van der Waals surface area contributed by atoms with Gasteiger partial charge in [0.25, 0.3) is 0 Å². The maximum Gasteiger partial charge on any atom is 0.231 e. The third-order valence-corrected chi connectivity index (χ3v) is 6.56. The molecule has 1 saturated heterocycles. The van der Waals surface area contributed by atoms with Gasteiger partial charge >= 0.3 is 0 Å². The summed E-state index contributed by atoms with van der Waals surface area (Å²) in [5, 5.41) is 4.03. The van der Waals surface area contributed by atoms with E-state index in [2.05, 4.69) is 34.0 Å². The summed E-state index contributed by atoms with van der Waals surface area (Å²) in [5.74, 6) is 1.56. The summed E-state index contributed by atoms with van der Waals surface area (Å²) in [6, 6.07) is 7.64. The summed E-state index contributed by atoms with van der Waals surface area (Å²) in [7, 11) is 0. The SMILES string of the molecule is CCNC[C@H](C(=O)N1CCN(c2ncnc3c2[C@H](C)CC3)CC1)c1ccc(Cl)cc1. The van der Waals surface area contributed by atoms with Crippen molar-refractivity contribution >= 4 is 23.3 Å². The molecule has 1 aromatic carbocycles. The van der Waals surface area contributed by atoms with Gasteiger partial charge in [-0.1, -0.05) is 37.6 Å². The molecule has 0 unspecified atom stereocenters. The van der Waals surface area contributed by atoms with Gasteiger partial charge in [-0.05, 0) is 43.0 Å². The lowest BCUT2D eigenvalue weighted by molar-refractivity contribution is -0.133. The second-order valence-corrected chi connectivity index (χ2v) is 8.66. The summed E-state index contributed by atoms with van der Waals surface area (Å²) in [6.45, 7) is 8.81. The van der Waals surface area contributed by atoms with Crippen LogP contribution in [0.5, 0.6) is 0 Å². The maximum absolute atomic E-state index is 13.4. The Morgan fingerprint density at radius 1 is 1.20 bits per heavy atom. The lowest BCUT2D eigenvalue weighted by Crippen LogP contribution is -2.51. The molecule has 1 N–H and O–H groups in total. The summed E-state index contributed by atoms with van der Waals surface area (Å²) < 4.78 is 0. The number of likely N-dealkylation sites (N-methyl/N-ethyl adjacent to an activating group) is 1. The number of hydrogen-bond donors (Lipinski definition) is 1. The molecule has 1 aliphatic heterocycles. The first kappa shape index (κ1) is 21.1. The van der Waals surface area contributed by atoms with Crippen LogP contribution in [-0.2, 0) is 11.2 Å². The molecule has 2 aliphatic rings. The molecule has 1 fully saturated rings. The first-order valence-corrected chi connectivity index (χ1v) is 11.3. The van der Waals surface area contributed by atoms with Crippen molar-refractivity contribution in [3.63, 3.8) is 0 Å². The third kappa shape index (κ3) is 4.30. The number of rotatable bonds is 6. The van der Waals surface area contributed by atoms with Crippen molar-refractivity contribution in [1.29, 1.82) is 0 Å². The number of halogens is 1. The van der Waals surface area contributed by atoms with Crippen LogP contribution in [0.25, 0.3) is 0 Å². The molecule has 1 amide bonds. The number of carbonyl (C=O) groups is 1. The molecule has 160 valence electrons. The van der Waals surface area contributed by atoms with Gasteiger partial charge in [0.2, 0.25) is 5.91 Å². The molecule has 0 bridgehead atoms. The van der Waals surface area contributed by atoms with Gasteiger partial charge < -0.3 is 15.1 Å². The zero-order valence-electron chi connectivity index (χ0n) is 17.8. The summed E-state index contributed by atoms with van der Waals surface area (Å²) in [4.78, 5) is 26.8. The highest BCUT2D eigenvalue weighted by Crippen LogP contribution is 2.37. The van der Waals surface area contributed by atoms with Crippen LogP contribution in [0.3, 0.4) is 0 Å². The topological polar surface area (TPSA) is 61.4 Å². The number of hydrogen-bond acceptors (Lipinski definition) is 5. The van der Waals surface area contributed by atoms with E-state index >= 15 is 0 Å². The molecule has 7 heteroatoms. The minimum absolute atomic E-state index is 0.180. The van der Waals surface area contributed by atoms with E-state index in [1.54, 1.807) is 6.33 Å². The average molecular weight is 428 g/mol. The second-order valence-electron chi connectivity index (χ2n) is 8.22. The first-order chi connectivity index (χ1) is 14.6. The number of nitrogens with zero attached hydrogens (tertiary/aromatic N) is 4. The minimum Gasteiger partial charge on any atom is -0.353 e. The largest absolute Gasteiger partial charge is 0.353 e. The fourth-order valence-electron chi connectivity index (χ4n) is 4.57. The van der Waals surface area contributed by atoms with E-state index in [1.807, 2.05) is 29.2 Å². The van der Waals surface area contributed by atoms with Crippen molar-refractivity contribution in [1.82, 2.24) is 20.2 Å². The van der Waals surface area contributed by atoms with Gasteiger partial charge in [-0.15, -0.1) is 0 Å². The monoisotopic (exact) mass is 427 g/mol. The van der Waals surface area contributed by atoms with Gasteiger partial charge in [0.05, 0.1) is 5.92 Å². The number of fused-ring (bicyclic) bond motifs is 1. The quantitative estimate of drug-likeness (QED) is 0.766. The standard InChI is InChI=1S/C23H30ClN5O/c1-3-25-14-19(17-5-7-18(24)8-6-17)23(30)29-12-10-28(11-13-29)22-21-16(2)4-9-20(21)26-15-27-22/h5-8,15-16,19,25H,3-4,9-14H2,1-2H3/t16-,19+/m1/s1. The molecule has 0 radical (unpaired) electrons. The molecule has 30 heavy (non-hydrogen) atoms. The number of anilines is 1. The van der Waals surface area contributed by atoms with E-state index in [1.165, 1.54) is 11.3 Å². The van der Waals surface area contributed by atoms with E-state index in [9.17, 15) is 4.79 Å². The molecule has 0 saturated carbocycles. The number of benzene rings is 1. The molecule has 2 heterocycles. The first-order valence-electron chi connectivity index (χ1n) is 10.9. The van der Waals surface area contributed by atoms with Crippen molar-refractivity contribution in [3.05, 3.63) is 52.4 Å². The van der Waals surface area contributed by atoms with Crippen LogP contribution in [0.2, 0.25) is 5.02 Å². The number of carbonyl (C=O) groups excluding carboxylic acids is 1. The fraction of sp³-hybridized carbons (Fsp3) is 0.522. The Morgan fingerprint density at radius 3 is 2.63 bits per heavy atom. The molecule has 1 aromatic heterocycles. The van der Waals surface area contributed by atoms with E-state index in [-0.39, 0.29) is 11.8 Å². The highest BCUT2D eigenvalue weighted by molar-refractivity contribution is 6.30. The van der Waals surface area contributed by atoms with Crippen molar-refractivity contribution in [2.45, 2.75) is 38.5 Å². The molecule has 2 atom stereocenters. The van der Waals surface area contributed by atoms with Crippen LogP contribution in [0.4, 0.5) is 5.82 Å². The number of aryl methyl sites for hydroxylation is 1. The van der Waals surface area contributed by atoms with Crippen molar-refractivity contribution in [3.8, 4) is 0 Å². The minimum atomic E-state index is -0.197. The zero-order chi connectivity index (χ0) is 21.1. The summed E-state index contributed by atoms with van der Waals surface area (Å²) >= 11 is 6.05. The van der Waals surface area contributed by atoms with Gasteiger partial charge in [-0.3, -0.25) is 4.79 Å². The summed E-state index contributed by atoms with van der Waals surface area (Å²) in [6.07, 6.45) is 3.88. The van der Waals surface area contributed by atoms with Crippen molar-refractivity contribution in [2.75, 3.05) is 44.2 Å². The van der Waals surface area contributed by atoms with Crippen LogP contribution in [0, 0.1) is 0 Å². The van der Waals surface area contributed by atoms with Crippen LogP contribution in [-0.4, -0.2) is 60.0 Å². The highest BCUT2D eigenvalue weighted by Gasteiger charge is 2.31. The van der Waals surface area contributed by atoms with Crippen molar-refractivity contribution < 1.29 is 4.79 Å². The molecular weight excluding hydrogens is 398 g/mol. The van der Waals surface area contributed by atoms with Gasteiger partial charge in [0.15, 0.2) is 0 Å². The predicted molar refractivity (Wildman–Crippen MR) is 120 cm³/mol. The average Bonchev–Trinajstić information content (AvgIpc) is 3.16. The summed E-state index contributed by atoms with van der Waals surface area (Å²) in [5.41, 5.74) is 3.51. The smallest absolute Gasteiger partial charge is 0.231 e. The molecule has 0 spiro atoms. The molecule has 4 rings (SSSR count). The molecule has 1 aliphatic carbocycles. The van der Waals surface area contributed by atoms with Gasteiger partial charge in [0, 0.05) is 49.0 Å². The molecule has 6 nitrogen and oxygen atoms in total. The predicted octanol–water partition coefficient (Wildman–Crippen LogP) is 3.22. The number of amides is 1.